The monoisotopic (exact) mass is 691 g/mol. The molecule has 11 aromatic rings. The van der Waals surface area contributed by atoms with Gasteiger partial charge in [0, 0.05) is 43.6 Å². The molecule has 0 saturated heterocycles. The summed E-state index contributed by atoms with van der Waals surface area (Å²) < 4.78 is 4.67. The van der Waals surface area contributed by atoms with E-state index in [-0.39, 0.29) is 0 Å². The third-order valence-electron chi connectivity index (χ3n) is 11.1. The second-order valence-corrected chi connectivity index (χ2v) is 14.2. The maximum atomic E-state index is 5.10. The highest BCUT2D eigenvalue weighted by Gasteiger charge is 2.22. The summed E-state index contributed by atoms with van der Waals surface area (Å²) in [7, 11) is 0. The van der Waals surface area contributed by atoms with Crippen molar-refractivity contribution in [2.24, 2.45) is 0 Å². The molecule has 0 aliphatic heterocycles. The van der Waals surface area contributed by atoms with E-state index in [9.17, 15) is 0 Å². The Labute approximate surface area is 311 Å². The van der Waals surface area contributed by atoms with Crippen LogP contribution in [0.25, 0.3) is 100 Å². The van der Waals surface area contributed by atoms with Crippen molar-refractivity contribution in [3.63, 3.8) is 0 Å². The zero-order valence-electron chi connectivity index (χ0n) is 29.8. The molecule has 0 radical (unpaired) electrons. The largest absolute Gasteiger partial charge is 0.308 e. The van der Waals surface area contributed by atoms with Crippen LogP contribution in [0.1, 0.15) is 11.1 Å². The van der Waals surface area contributed by atoms with Crippen LogP contribution in [0.4, 0.5) is 0 Å². The molecule has 0 amide bonds. The minimum absolute atomic E-state index is 0.592. The zero-order valence-corrected chi connectivity index (χ0v) is 29.8. The van der Waals surface area contributed by atoms with Crippen LogP contribution in [0.2, 0.25) is 0 Å². The smallest absolute Gasteiger partial charge is 0.238 e. The predicted molar refractivity (Wildman–Crippen MR) is 223 cm³/mol. The van der Waals surface area contributed by atoms with Gasteiger partial charge in [-0.25, -0.2) is 4.98 Å². The van der Waals surface area contributed by atoms with Crippen molar-refractivity contribution in [2.45, 2.75) is 13.8 Å². The van der Waals surface area contributed by atoms with Crippen LogP contribution < -0.4 is 0 Å². The maximum Gasteiger partial charge on any atom is 0.238 e. The normalized spacial score (nSPS) is 11.9. The fraction of sp³-hybridized carbons (Fsp3) is 0.0408. The molecule has 0 saturated carbocycles. The lowest BCUT2D eigenvalue weighted by molar-refractivity contribution is 0.953. The van der Waals surface area contributed by atoms with E-state index in [2.05, 4.69) is 126 Å². The summed E-state index contributed by atoms with van der Waals surface area (Å²) in [5, 5.41) is 6.15. The van der Waals surface area contributed by atoms with Gasteiger partial charge >= 0.3 is 0 Å². The first kappa shape index (κ1) is 30.5. The number of benzene rings is 7. The van der Waals surface area contributed by atoms with Crippen molar-refractivity contribution < 1.29 is 0 Å². The highest BCUT2D eigenvalue weighted by Crippen LogP contribution is 2.43. The molecular formula is C49H33N5. The molecule has 254 valence electrons. The van der Waals surface area contributed by atoms with Crippen LogP contribution in [0.5, 0.6) is 0 Å². The van der Waals surface area contributed by atoms with E-state index in [1.807, 2.05) is 60.7 Å². The van der Waals surface area contributed by atoms with Crippen molar-refractivity contribution in [2.75, 3.05) is 0 Å². The van der Waals surface area contributed by atoms with E-state index in [0.717, 1.165) is 38.5 Å². The van der Waals surface area contributed by atoms with Gasteiger partial charge in [0.25, 0.3) is 0 Å². The minimum atomic E-state index is 0.592. The fourth-order valence-corrected chi connectivity index (χ4v) is 8.51. The molecular weight excluding hydrogens is 659 g/mol. The summed E-state index contributed by atoms with van der Waals surface area (Å²) in [4.78, 5) is 15.2. The lowest BCUT2D eigenvalue weighted by Crippen LogP contribution is -2.06. The van der Waals surface area contributed by atoms with Gasteiger partial charge in [0.2, 0.25) is 5.95 Å². The van der Waals surface area contributed by atoms with Gasteiger partial charge in [0.05, 0.1) is 27.8 Å². The van der Waals surface area contributed by atoms with Gasteiger partial charge in [-0.3, -0.25) is 4.57 Å². The number of aryl methyl sites for hydroxylation is 2. The average Bonchev–Trinajstić information content (AvgIpc) is 3.85. The third kappa shape index (κ3) is 4.48. The van der Waals surface area contributed by atoms with Crippen molar-refractivity contribution in [3.05, 3.63) is 175 Å². The summed E-state index contributed by atoms with van der Waals surface area (Å²) in [6.45, 7) is 4.47. The van der Waals surface area contributed by atoms with Gasteiger partial charge in [-0.05, 0) is 66.4 Å². The van der Waals surface area contributed by atoms with Crippen LogP contribution >= 0.6 is 0 Å². The third-order valence-corrected chi connectivity index (χ3v) is 11.1. The summed E-state index contributed by atoms with van der Waals surface area (Å²) in [6.07, 6.45) is 0. The highest BCUT2D eigenvalue weighted by molar-refractivity contribution is 6.18. The Morgan fingerprint density at radius 2 is 0.963 bits per heavy atom. The molecule has 5 nitrogen and oxygen atoms in total. The van der Waals surface area contributed by atoms with Gasteiger partial charge in [-0.15, -0.1) is 0 Å². The quantitative estimate of drug-likeness (QED) is 0.180. The van der Waals surface area contributed by atoms with Crippen molar-refractivity contribution in [1.82, 2.24) is 23.9 Å². The summed E-state index contributed by atoms with van der Waals surface area (Å²) in [6, 6.07) is 58.0. The molecule has 4 aromatic heterocycles. The van der Waals surface area contributed by atoms with Crippen LogP contribution in [-0.2, 0) is 0 Å². The Hall–Kier alpha value is -7.11. The first-order valence-electron chi connectivity index (χ1n) is 18.4. The summed E-state index contributed by atoms with van der Waals surface area (Å²) in [5.74, 6) is 1.87. The molecule has 54 heavy (non-hydrogen) atoms. The van der Waals surface area contributed by atoms with Gasteiger partial charge in [0.1, 0.15) is 0 Å². The van der Waals surface area contributed by atoms with Gasteiger partial charge < -0.3 is 4.40 Å². The van der Waals surface area contributed by atoms with Crippen molar-refractivity contribution >= 4 is 49.0 Å². The molecule has 0 unspecified atom stereocenters. The van der Waals surface area contributed by atoms with E-state index < -0.39 is 0 Å². The van der Waals surface area contributed by atoms with Crippen LogP contribution in [0.15, 0.2) is 164 Å². The van der Waals surface area contributed by atoms with E-state index >= 15 is 0 Å². The van der Waals surface area contributed by atoms with Crippen LogP contribution in [0.3, 0.4) is 0 Å². The lowest BCUT2D eigenvalue weighted by atomic mass is 9.99. The predicted octanol–water partition coefficient (Wildman–Crippen LogP) is 12.3. The number of hydrogen-bond donors (Lipinski definition) is 0. The molecule has 0 aliphatic rings. The highest BCUT2D eigenvalue weighted by atomic mass is 15.2. The molecule has 0 bridgehead atoms. The molecule has 7 aromatic carbocycles. The Kier molecular flexibility index (Phi) is 6.61. The van der Waals surface area contributed by atoms with Crippen molar-refractivity contribution in [1.29, 1.82) is 0 Å². The Morgan fingerprint density at radius 1 is 0.407 bits per heavy atom. The van der Waals surface area contributed by atoms with Crippen LogP contribution in [-0.4, -0.2) is 23.9 Å². The molecule has 11 rings (SSSR count). The molecule has 5 heteroatoms. The van der Waals surface area contributed by atoms with Gasteiger partial charge in [-0.2, -0.15) is 9.97 Å². The standard InChI is InChI=1S/C49H33N5/c1-30-14-9-10-19-36(30)45-31(2)37-21-13-22-39-41-29-35(25-27-44(41)54(45)46(37)39)34-24-26-43-40(28-34)38-20-11-12-23-42(38)53(43)49-51-47(32-15-5-3-6-16-32)50-48(52-49)33-17-7-4-8-18-33/h3-29H,1-2H3. The second kappa shape index (κ2) is 11.7. The van der Waals surface area contributed by atoms with Gasteiger partial charge in [0.15, 0.2) is 11.6 Å². The average molecular weight is 692 g/mol. The molecule has 0 N–H and O–H groups in total. The second-order valence-electron chi connectivity index (χ2n) is 14.2. The first-order chi connectivity index (χ1) is 26.6. The maximum absolute atomic E-state index is 5.10. The summed E-state index contributed by atoms with van der Waals surface area (Å²) in [5.41, 5.74) is 14.0. The van der Waals surface area contributed by atoms with Crippen molar-refractivity contribution in [3.8, 4) is 51.1 Å². The summed E-state index contributed by atoms with van der Waals surface area (Å²) >= 11 is 0. The fourth-order valence-electron chi connectivity index (χ4n) is 8.51. The Morgan fingerprint density at radius 3 is 1.67 bits per heavy atom. The molecule has 0 aliphatic carbocycles. The number of hydrogen-bond acceptors (Lipinski definition) is 3. The lowest BCUT2D eigenvalue weighted by Gasteiger charge is -2.11. The number of para-hydroxylation sites is 2. The van der Waals surface area contributed by atoms with E-state index in [1.54, 1.807) is 0 Å². The number of fused-ring (bicyclic) bond motifs is 6. The molecule has 0 spiro atoms. The van der Waals surface area contributed by atoms with E-state index in [1.165, 1.54) is 55.1 Å². The number of nitrogens with zero attached hydrogens (tertiary/aromatic N) is 5. The van der Waals surface area contributed by atoms with E-state index in [4.69, 9.17) is 15.0 Å². The van der Waals surface area contributed by atoms with Gasteiger partial charge in [-0.1, -0.05) is 133 Å². The first-order valence-corrected chi connectivity index (χ1v) is 18.4. The molecule has 0 atom stereocenters. The minimum Gasteiger partial charge on any atom is -0.308 e. The Bertz CT molecular complexity index is 3170. The van der Waals surface area contributed by atoms with E-state index in [0.29, 0.717) is 17.6 Å². The number of rotatable bonds is 5. The SMILES string of the molecule is Cc1ccccc1-c1c(C)c2cccc3c4cc(-c5ccc6c(c5)c5ccccc5n6-c5nc(-c6ccccc6)nc(-c6ccccc6)n5)ccc4n1c23. The molecule has 0 fully saturated rings. The number of aromatic nitrogens is 5. The molecule has 4 heterocycles. The topological polar surface area (TPSA) is 48.0 Å². The van der Waals surface area contributed by atoms with Crippen LogP contribution in [0, 0.1) is 13.8 Å². The zero-order chi connectivity index (χ0) is 35.9. The Balaban J connectivity index is 1.11.